The summed E-state index contributed by atoms with van der Waals surface area (Å²) in [5, 5.41) is 0. The Labute approximate surface area is 136 Å². The summed E-state index contributed by atoms with van der Waals surface area (Å²) < 4.78 is 16.2. The number of ether oxygens (including phenoxy) is 3. The zero-order valence-corrected chi connectivity index (χ0v) is 15.0. The Bertz CT molecular complexity index is 349. The van der Waals surface area contributed by atoms with E-state index in [4.69, 9.17) is 14.2 Å². The predicted molar refractivity (Wildman–Crippen MR) is 91.7 cm³/mol. The summed E-state index contributed by atoms with van der Waals surface area (Å²) in [4.78, 5) is 0. The van der Waals surface area contributed by atoms with Crippen LogP contribution >= 0.6 is 0 Å². The van der Waals surface area contributed by atoms with Gasteiger partial charge in [-0.3, -0.25) is 0 Å². The lowest BCUT2D eigenvalue weighted by Gasteiger charge is -2.40. The fourth-order valence-corrected chi connectivity index (χ4v) is 3.69. The van der Waals surface area contributed by atoms with Gasteiger partial charge in [-0.25, -0.2) is 0 Å². The molecule has 0 aliphatic heterocycles. The molecule has 3 heteroatoms. The van der Waals surface area contributed by atoms with E-state index in [1.807, 2.05) is 13.2 Å². The number of methoxy groups -OCH3 is 2. The van der Waals surface area contributed by atoms with Gasteiger partial charge >= 0.3 is 0 Å². The summed E-state index contributed by atoms with van der Waals surface area (Å²) in [6, 6.07) is 0. The van der Waals surface area contributed by atoms with Crippen molar-refractivity contribution in [3.8, 4) is 0 Å². The molecule has 128 valence electrons. The van der Waals surface area contributed by atoms with Crippen LogP contribution in [0.2, 0.25) is 0 Å². The van der Waals surface area contributed by atoms with Crippen molar-refractivity contribution in [3.63, 3.8) is 0 Å². The average Bonchev–Trinajstić information content (AvgIpc) is 2.49. The zero-order chi connectivity index (χ0) is 16.5. The number of hydrogen-bond acceptors (Lipinski definition) is 3. The number of hydrogen-bond donors (Lipinski definition) is 0. The summed E-state index contributed by atoms with van der Waals surface area (Å²) in [5.41, 5.74) is 1.51. The quantitative estimate of drug-likeness (QED) is 0.441. The lowest BCUT2D eigenvalue weighted by atomic mass is 9.67. The summed E-state index contributed by atoms with van der Waals surface area (Å²) >= 11 is 0. The van der Waals surface area contributed by atoms with Crippen molar-refractivity contribution in [2.75, 3.05) is 27.6 Å². The molecular formula is C19H34O3. The number of allylic oxidation sites excluding steroid dienone is 2. The fourth-order valence-electron chi connectivity index (χ4n) is 3.69. The van der Waals surface area contributed by atoms with Crippen molar-refractivity contribution in [2.24, 2.45) is 23.7 Å². The smallest absolute Gasteiger partial charge is 0.147 e. The minimum atomic E-state index is 0.0652. The van der Waals surface area contributed by atoms with Gasteiger partial charge in [-0.2, -0.15) is 0 Å². The highest BCUT2D eigenvalue weighted by atomic mass is 16.7. The molecule has 0 bridgehead atoms. The first-order chi connectivity index (χ1) is 10.5. The Morgan fingerprint density at radius 3 is 2.59 bits per heavy atom. The van der Waals surface area contributed by atoms with Crippen LogP contribution in [-0.4, -0.2) is 33.7 Å². The molecule has 0 saturated carbocycles. The molecule has 1 unspecified atom stereocenters. The van der Waals surface area contributed by atoms with Gasteiger partial charge in [0.25, 0.3) is 0 Å². The highest BCUT2D eigenvalue weighted by molar-refractivity contribution is 5.12. The van der Waals surface area contributed by atoms with E-state index in [0.717, 1.165) is 19.4 Å². The van der Waals surface area contributed by atoms with E-state index in [1.54, 1.807) is 7.11 Å². The molecule has 0 aromatic carbocycles. The molecule has 4 atom stereocenters. The van der Waals surface area contributed by atoms with Crippen LogP contribution in [0.3, 0.4) is 0 Å². The Balaban J connectivity index is 2.72. The molecule has 0 heterocycles. The van der Waals surface area contributed by atoms with Crippen molar-refractivity contribution in [2.45, 2.75) is 46.1 Å². The van der Waals surface area contributed by atoms with Gasteiger partial charge in [0.05, 0.1) is 6.10 Å². The van der Waals surface area contributed by atoms with E-state index in [9.17, 15) is 0 Å². The molecular weight excluding hydrogens is 276 g/mol. The van der Waals surface area contributed by atoms with Crippen LogP contribution in [0, 0.1) is 23.7 Å². The van der Waals surface area contributed by atoms with Crippen molar-refractivity contribution in [1.29, 1.82) is 0 Å². The van der Waals surface area contributed by atoms with Crippen LogP contribution in [-0.2, 0) is 14.2 Å². The normalized spacial score (nSPS) is 26.8. The van der Waals surface area contributed by atoms with Crippen molar-refractivity contribution >= 4 is 0 Å². The molecule has 0 amide bonds. The summed E-state index contributed by atoms with van der Waals surface area (Å²) in [6.07, 6.45) is 7.65. The molecule has 1 rings (SSSR count). The molecule has 0 N–H and O–H groups in total. The molecule has 0 aromatic rings. The van der Waals surface area contributed by atoms with E-state index in [0.29, 0.717) is 30.5 Å². The van der Waals surface area contributed by atoms with E-state index >= 15 is 0 Å². The van der Waals surface area contributed by atoms with Crippen LogP contribution < -0.4 is 0 Å². The first kappa shape index (κ1) is 19.4. The summed E-state index contributed by atoms with van der Waals surface area (Å²) in [5.74, 6) is 2.57. The Morgan fingerprint density at radius 1 is 1.32 bits per heavy atom. The largest absolute Gasteiger partial charge is 0.384 e. The van der Waals surface area contributed by atoms with E-state index in [-0.39, 0.29) is 6.10 Å². The Hall–Kier alpha value is -0.640. The monoisotopic (exact) mass is 310 g/mol. The zero-order valence-electron chi connectivity index (χ0n) is 15.0. The molecule has 0 radical (unpaired) electrons. The first-order valence-corrected chi connectivity index (χ1v) is 8.43. The maximum absolute atomic E-state index is 5.65. The van der Waals surface area contributed by atoms with Crippen LogP contribution in [0.5, 0.6) is 0 Å². The molecule has 0 fully saturated rings. The topological polar surface area (TPSA) is 27.7 Å². The summed E-state index contributed by atoms with van der Waals surface area (Å²) in [6.45, 7) is 12.0. The SMILES string of the molecule is C=C[C@@H](CC[C@H]1C(C)=CCC(C(C)C)[C@H]1COC)OCOC. The summed E-state index contributed by atoms with van der Waals surface area (Å²) in [7, 11) is 3.46. The minimum absolute atomic E-state index is 0.0652. The van der Waals surface area contributed by atoms with Gasteiger partial charge in [0.1, 0.15) is 6.79 Å². The predicted octanol–water partition coefficient (Wildman–Crippen LogP) is 4.44. The minimum Gasteiger partial charge on any atom is -0.384 e. The van der Waals surface area contributed by atoms with Crippen LogP contribution in [0.25, 0.3) is 0 Å². The van der Waals surface area contributed by atoms with Gasteiger partial charge in [0.2, 0.25) is 0 Å². The van der Waals surface area contributed by atoms with E-state index in [1.165, 1.54) is 12.0 Å². The second-order valence-corrected chi connectivity index (χ2v) is 6.74. The van der Waals surface area contributed by atoms with Crippen molar-refractivity contribution in [1.82, 2.24) is 0 Å². The van der Waals surface area contributed by atoms with Crippen LogP contribution in [0.1, 0.15) is 40.0 Å². The molecule has 0 saturated heterocycles. The highest BCUT2D eigenvalue weighted by Gasteiger charge is 2.34. The third kappa shape index (κ3) is 5.53. The Morgan fingerprint density at radius 2 is 2.05 bits per heavy atom. The van der Waals surface area contributed by atoms with Gasteiger partial charge in [0.15, 0.2) is 0 Å². The second-order valence-electron chi connectivity index (χ2n) is 6.74. The maximum atomic E-state index is 5.65. The van der Waals surface area contributed by atoms with E-state index < -0.39 is 0 Å². The van der Waals surface area contributed by atoms with Crippen molar-refractivity contribution < 1.29 is 14.2 Å². The third-order valence-corrected chi connectivity index (χ3v) is 5.00. The van der Waals surface area contributed by atoms with Gasteiger partial charge in [-0.05, 0) is 49.9 Å². The lowest BCUT2D eigenvalue weighted by Crippen LogP contribution is -2.34. The molecule has 3 nitrogen and oxygen atoms in total. The third-order valence-electron chi connectivity index (χ3n) is 5.00. The van der Waals surface area contributed by atoms with E-state index in [2.05, 4.69) is 33.4 Å². The standard InChI is InChI=1S/C19H34O3/c1-7-16(22-13-21-6)9-11-18-15(4)8-10-17(14(2)3)19(18)12-20-5/h7-8,14,16-19H,1,9-13H2,2-6H3/t16-,17?,18-,19+/m0/s1. The van der Waals surface area contributed by atoms with Crippen LogP contribution in [0.15, 0.2) is 24.3 Å². The average molecular weight is 310 g/mol. The van der Waals surface area contributed by atoms with Gasteiger partial charge in [-0.1, -0.05) is 31.6 Å². The molecule has 1 aliphatic rings. The number of rotatable bonds is 10. The molecule has 0 aromatic heterocycles. The Kier molecular flexibility index (Phi) is 8.99. The second kappa shape index (κ2) is 10.2. The molecule has 0 spiro atoms. The molecule has 1 aliphatic carbocycles. The molecule has 22 heavy (non-hydrogen) atoms. The van der Waals surface area contributed by atoms with Crippen LogP contribution in [0.4, 0.5) is 0 Å². The highest BCUT2D eigenvalue weighted by Crippen LogP contribution is 2.41. The van der Waals surface area contributed by atoms with Gasteiger partial charge in [0, 0.05) is 20.8 Å². The first-order valence-electron chi connectivity index (χ1n) is 8.43. The van der Waals surface area contributed by atoms with Crippen molar-refractivity contribution in [3.05, 3.63) is 24.3 Å². The lowest BCUT2D eigenvalue weighted by molar-refractivity contribution is -0.0598. The van der Waals surface area contributed by atoms with Gasteiger partial charge in [-0.15, -0.1) is 6.58 Å². The maximum Gasteiger partial charge on any atom is 0.147 e. The van der Waals surface area contributed by atoms with Gasteiger partial charge < -0.3 is 14.2 Å². The fraction of sp³-hybridized carbons (Fsp3) is 0.789.